The molecule has 0 radical (unpaired) electrons. The molecule has 3 N–H and O–H groups in total. The van der Waals surface area contributed by atoms with Crippen LogP contribution in [0.1, 0.15) is 10.4 Å². The molecular weight excluding hydrogens is 242 g/mol. The van der Waals surface area contributed by atoms with Crippen molar-refractivity contribution in [2.24, 2.45) is 4.99 Å². The van der Waals surface area contributed by atoms with Gasteiger partial charge in [0.25, 0.3) is 5.91 Å². The van der Waals surface area contributed by atoms with Crippen molar-refractivity contribution >= 4 is 23.6 Å². The summed E-state index contributed by atoms with van der Waals surface area (Å²) in [6.07, 6.45) is 1.11. The Kier molecular flexibility index (Phi) is 4.25. The molecule has 0 unspecified atom stereocenters. The Labute approximate surface area is 110 Å². The van der Waals surface area contributed by atoms with Gasteiger partial charge < -0.3 is 5.32 Å². The second kappa shape index (κ2) is 6.32. The van der Waals surface area contributed by atoms with E-state index in [1.165, 1.54) is 0 Å². The molecule has 0 aliphatic heterocycles. The first-order valence-electron chi connectivity index (χ1n) is 5.69. The van der Waals surface area contributed by atoms with Gasteiger partial charge in [0.15, 0.2) is 0 Å². The second-order valence-electron chi connectivity index (χ2n) is 3.72. The summed E-state index contributed by atoms with van der Waals surface area (Å²) in [5.41, 5.74) is 3.42. The summed E-state index contributed by atoms with van der Waals surface area (Å²) >= 11 is 0. The van der Waals surface area contributed by atoms with Crippen molar-refractivity contribution in [1.82, 2.24) is 5.48 Å². The van der Waals surface area contributed by atoms with Crippen LogP contribution in [-0.2, 0) is 0 Å². The van der Waals surface area contributed by atoms with E-state index in [2.05, 4.69) is 10.3 Å². The maximum absolute atomic E-state index is 12.1. The Morgan fingerprint density at radius 3 is 2.47 bits per heavy atom. The predicted octanol–water partition coefficient (Wildman–Crippen LogP) is 2.58. The third-order valence-corrected chi connectivity index (χ3v) is 2.44. The molecule has 2 rings (SSSR count). The number of hydrogen-bond acceptors (Lipinski definition) is 3. The van der Waals surface area contributed by atoms with Gasteiger partial charge in [0, 0.05) is 5.69 Å². The largest absolute Gasteiger partial charge is 0.322 e. The van der Waals surface area contributed by atoms with Gasteiger partial charge in [-0.3, -0.25) is 15.5 Å². The van der Waals surface area contributed by atoms with Gasteiger partial charge in [-0.25, -0.2) is 4.99 Å². The molecule has 0 atom stereocenters. The van der Waals surface area contributed by atoms with E-state index in [0.29, 0.717) is 16.9 Å². The monoisotopic (exact) mass is 255 g/mol. The maximum Gasteiger partial charge on any atom is 0.257 e. The fraction of sp³-hybridized carbons (Fsp3) is 0. The van der Waals surface area contributed by atoms with Crippen LogP contribution in [0.5, 0.6) is 0 Å². The number of rotatable bonds is 4. The lowest BCUT2D eigenvalue weighted by molar-refractivity contribution is 0.102. The average Bonchev–Trinajstić information content (AvgIpc) is 2.46. The number of carbonyl (C=O) groups excluding carboxylic acids is 1. The van der Waals surface area contributed by atoms with Crippen molar-refractivity contribution in [2.75, 3.05) is 5.32 Å². The number of para-hydroxylation sites is 2. The van der Waals surface area contributed by atoms with Gasteiger partial charge in [0.2, 0.25) is 0 Å². The van der Waals surface area contributed by atoms with Crippen LogP contribution in [0.2, 0.25) is 0 Å². The van der Waals surface area contributed by atoms with E-state index in [1.807, 2.05) is 23.7 Å². The number of hydroxylamine groups is 1. The number of nitrogens with zero attached hydrogens (tertiary/aromatic N) is 1. The van der Waals surface area contributed by atoms with Crippen LogP contribution in [0, 0.1) is 0 Å². The van der Waals surface area contributed by atoms with E-state index >= 15 is 0 Å². The smallest absolute Gasteiger partial charge is 0.257 e. The Balaban J connectivity index is 2.22. The summed E-state index contributed by atoms with van der Waals surface area (Å²) < 4.78 is 0. The van der Waals surface area contributed by atoms with Gasteiger partial charge in [-0.05, 0) is 24.3 Å². The highest BCUT2D eigenvalue weighted by Gasteiger charge is 2.10. The van der Waals surface area contributed by atoms with E-state index in [9.17, 15) is 4.79 Å². The third-order valence-electron chi connectivity index (χ3n) is 2.44. The molecule has 1 amide bonds. The quantitative estimate of drug-likeness (QED) is 0.446. The molecular formula is C14H13N3O2. The van der Waals surface area contributed by atoms with Crippen molar-refractivity contribution in [1.29, 1.82) is 0 Å². The van der Waals surface area contributed by atoms with E-state index < -0.39 is 0 Å². The number of hydrogen-bond donors (Lipinski definition) is 3. The van der Waals surface area contributed by atoms with Crippen molar-refractivity contribution in [2.45, 2.75) is 0 Å². The van der Waals surface area contributed by atoms with Crippen molar-refractivity contribution < 1.29 is 10.0 Å². The van der Waals surface area contributed by atoms with E-state index in [-0.39, 0.29) is 5.91 Å². The van der Waals surface area contributed by atoms with Gasteiger partial charge in [-0.15, -0.1) is 0 Å². The van der Waals surface area contributed by atoms with E-state index in [4.69, 9.17) is 5.21 Å². The van der Waals surface area contributed by atoms with Crippen LogP contribution in [0.3, 0.4) is 0 Å². The minimum absolute atomic E-state index is 0.253. The minimum Gasteiger partial charge on any atom is -0.322 e. The van der Waals surface area contributed by atoms with Crippen LogP contribution in [0.4, 0.5) is 11.4 Å². The zero-order chi connectivity index (χ0) is 13.5. The summed E-state index contributed by atoms with van der Waals surface area (Å²) in [7, 11) is 0. The van der Waals surface area contributed by atoms with Gasteiger partial charge >= 0.3 is 0 Å². The van der Waals surface area contributed by atoms with Crippen molar-refractivity contribution in [3.05, 3.63) is 60.2 Å². The Morgan fingerprint density at radius 2 is 1.74 bits per heavy atom. The molecule has 2 aromatic rings. The topological polar surface area (TPSA) is 73.7 Å². The highest BCUT2D eigenvalue weighted by molar-refractivity contribution is 6.07. The first-order valence-corrected chi connectivity index (χ1v) is 5.69. The number of benzene rings is 2. The SMILES string of the molecule is O=C(Nc1ccccc1)c1ccccc1N=CNO. The summed E-state index contributed by atoms with van der Waals surface area (Å²) in [5, 5.41) is 11.3. The maximum atomic E-state index is 12.1. The lowest BCUT2D eigenvalue weighted by Gasteiger charge is -2.07. The molecule has 0 aromatic heterocycles. The number of carbonyl (C=O) groups is 1. The van der Waals surface area contributed by atoms with Gasteiger partial charge in [0.05, 0.1) is 11.3 Å². The molecule has 5 nitrogen and oxygen atoms in total. The molecule has 0 saturated carbocycles. The molecule has 0 saturated heterocycles. The molecule has 96 valence electrons. The average molecular weight is 255 g/mol. The normalized spacial score (nSPS) is 10.4. The van der Waals surface area contributed by atoms with Gasteiger partial charge in [0.1, 0.15) is 6.34 Å². The lowest BCUT2D eigenvalue weighted by Crippen LogP contribution is -2.12. The zero-order valence-corrected chi connectivity index (χ0v) is 10.1. The molecule has 0 aliphatic rings. The summed E-state index contributed by atoms with van der Waals surface area (Å²) in [5.74, 6) is -0.253. The predicted molar refractivity (Wildman–Crippen MR) is 73.9 cm³/mol. The van der Waals surface area contributed by atoms with E-state index in [0.717, 1.165) is 6.34 Å². The highest BCUT2D eigenvalue weighted by Crippen LogP contribution is 2.19. The summed E-state index contributed by atoms with van der Waals surface area (Å²) in [6.45, 7) is 0. The standard InChI is InChI=1S/C14H13N3O2/c18-14(17-11-6-2-1-3-7-11)12-8-4-5-9-13(12)15-10-16-19/h1-10,19H,(H,15,16)(H,17,18). The molecule has 0 heterocycles. The van der Waals surface area contributed by atoms with Crippen molar-refractivity contribution in [3.63, 3.8) is 0 Å². The number of anilines is 1. The third kappa shape index (κ3) is 3.40. The molecule has 0 fully saturated rings. The first-order chi connectivity index (χ1) is 9.31. The van der Waals surface area contributed by atoms with E-state index in [1.54, 1.807) is 36.4 Å². The lowest BCUT2D eigenvalue weighted by atomic mass is 10.1. The molecule has 5 heteroatoms. The van der Waals surface area contributed by atoms with Gasteiger partial charge in [-0.2, -0.15) is 0 Å². The number of nitrogens with one attached hydrogen (secondary N) is 2. The Bertz CT molecular complexity index is 582. The number of amides is 1. The van der Waals surface area contributed by atoms with Crippen LogP contribution in [0.15, 0.2) is 59.6 Å². The van der Waals surface area contributed by atoms with Crippen LogP contribution >= 0.6 is 0 Å². The van der Waals surface area contributed by atoms with Crippen LogP contribution in [0.25, 0.3) is 0 Å². The van der Waals surface area contributed by atoms with Crippen LogP contribution in [-0.4, -0.2) is 17.5 Å². The molecule has 0 aliphatic carbocycles. The summed E-state index contributed by atoms with van der Waals surface area (Å²) in [4.78, 5) is 16.1. The molecule has 19 heavy (non-hydrogen) atoms. The summed E-state index contributed by atoms with van der Waals surface area (Å²) in [6, 6.07) is 16.0. The first kappa shape index (κ1) is 12.8. The fourth-order valence-corrected chi connectivity index (χ4v) is 1.60. The minimum atomic E-state index is -0.253. The second-order valence-corrected chi connectivity index (χ2v) is 3.72. The fourth-order valence-electron chi connectivity index (χ4n) is 1.60. The Hall–Kier alpha value is -2.66. The van der Waals surface area contributed by atoms with Crippen LogP contribution < -0.4 is 10.8 Å². The molecule has 0 spiro atoms. The van der Waals surface area contributed by atoms with Gasteiger partial charge in [-0.1, -0.05) is 30.3 Å². The zero-order valence-electron chi connectivity index (χ0n) is 10.1. The number of aliphatic imine (C=N–C) groups is 1. The molecule has 2 aromatic carbocycles. The molecule has 0 bridgehead atoms. The Morgan fingerprint density at radius 1 is 1.05 bits per heavy atom. The highest BCUT2D eigenvalue weighted by atomic mass is 16.5. The van der Waals surface area contributed by atoms with Crippen molar-refractivity contribution in [3.8, 4) is 0 Å².